The first-order valence-electron chi connectivity index (χ1n) is 6.77. The van der Waals surface area contributed by atoms with Crippen LogP contribution in [0.5, 0.6) is 0 Å². The number of rotatable bonds is 4. The van der Waals surface area contributed by atoms with Crippen LogP contribution in [0.25, 0.3) is 5.57 Å². The second kappa shape index (κ2) is 4.83. The topological polar surface area (TPSA) is 16.8 Å². The Morgan fingerprint density at radius 3 is 3.17 bits per heavy atom. The number of unbranched alkanes of at least 4 members (excludes halogenated alkanes) is 1. The number of nitrogens with zero attached hydrogens (tertiary/aromatic N) is 2. The Labute approximate surface area is 108 Å². The Morgan fingerprint density at radius 2 is 2.39 bits per heavy atom. The number of hydrogen-bond donors (Lipinski definition) is 0. The predicted octanol–water partition coefficient (Wildman–Crippen LogP) is 2.65. The Balaban J connectivity index is 2.04. The van der Waals surface area contributed by atoms with Crippen LogP contribution in [0.15, 0.2) is 36.1 Å². The number of imidazole rings is 1. The summed E-state index contributed by atoms with van der Waals surface area (Å²) in [6.07, 6.45) is 15.0. The fourth-order valence-electron chi connectivity index (χ4n) is 2.55. The maximum absolute atomic E-state index is 4.83. The maximum atomic E-state index is 4.83. The molecule has 0 N–H and O–H groups in total. The van der Waals surface area contributed by atoms with Crippen molar-refractivity contribution in [3.05, 3.63) is 53.3 Å². The molecule has 0 spiro atoms. The van der Waals surface area contributed by atoms with Gasteiger partial charge in [-0.1, -0.05) is 37.6 Å². The normalized spacial score (nSPS) is 16.2. The Bertz CT molecular complexity index is 578. The van der Waals surface area contributed by atoms with Gasteiger partial charge in [-0.05, 0) is 18.9 Å². The average molecular weight is 238 g/mol. The van der Waals surface area contributed by atoms with E-state index in [1.165, 1.54) is 24.2 Å². The SMILES string of the molecule is CCCC[n+]1c(C2=C=CC=C2)nc2[c-]1CC=CC2. The van der Waals surface area contributed by atoms with Crippen molar-refractivity contribution in [2.45, 2.75) is 39.2 Å². The van der Waals surface area contributed by atoms with Gasteiger partial charge in [0.05, 0.1) is 12.2 Å². The van der Waals surface area contributed by atoms with Gasteiger partial charge in [0, 0.05) is 17.7 Å². The van der Waals surface area contributed by atoms with Crippen molar-refractivity contribution >= 4 is 5.57 Å². The van der Waals surface area contributed by atoms with E-state index in [1.54, 1.807) is 0 Å². The largest absolute Gasteiger partial charge is 0.381 e. The summed E-state index contributed by atoms with van der Waals surface area (Å²) in [7, 11) is 0. The highest BCUT2D eigenvalue weighted by atomic mass is 15.1. The molecule has 0 aromatic carbocycles. The van der Waals surface area contributed by atoms with E-state index in [1.807, 2.05) is 12.2 Å². The lowest BCUT2D eigenvalue weighted by Crippen LogP contribution is -2.40. The van der Waals surface area contributed by atoms with E-state index in [2.05, 4.69) is 35.5 Å². The summed E-state index contributed by atoms with van der Waals surface area (Å²) in [5.74, 6) is 1.10. The second-order valence-corrected chi connectivity index (χ2v) is 4.80. The van der Waals surface area contributed by atoms with Gasteiger partial charge in [0.2, 0.25) is 0 Å². The summed E-state index contributed by atoms with van der Waals surface area (Å²) in [5.41, 5.74) is 7.05. The highest BCUT2D eigenvalue weighted by molar-refractivity contribution is 5.71. The molecule has 1 aromatic heterocycles. The van der Waals surface area contributed by atoms with E-state index in [0.717, 1.165) is 30.8 Å². The van der Waals surface area contributed by atoms with E-state index in [0.29, 0.717) is 0 Å². The van der Waals surface area contributed by atoms with Crippen LogP contribution in [0.2, 0.25) is 0 Å². The van der Waals surface area contributed by atoms with Crippen molar-refractivity contribution in [3.63, 3.8) is 0 Å². The first-order chi connectivity index (χ1) is 8.90. The zero-order valence-corrected chi connectivity index (χ0v) is 10.8. The number of aromatic nitrogens is 2. The third-order valence-electron chi connectivity index (χ3n) is 3.52. The summed E-state index contributed by atoms with van der Waals surface area (Å²) in [6, 6.07) is 0. The third-order valence-corrected chi connectivity index (χ3v) is 3.52. The van der Waals surface area contributed by atoms with Crippen LogP contribution in [0.4, 0.5) is 0 Å². The van der Waals surface area contributed by atoms with E-state index < -0.39 is 0 Å². The standard InChI is InChI=1S/C16H18N2/c1-2-3-12-18-15-11-7-6-10-14(15)17-16(18)13-8-4-5-9-13/h4-8H,2-3,10-12H2,1H3. The number of hydrogen-bond acceptors (Lipinski definition) is 1. The fraction of sp³-hybridized carbons (Fsp3) is 0.375. The molecule has 0 unspecified atom stereocenters. The van der Waals surface area contributed by atoms with Crippen molar-refractivity contribution in [1.82, 2.24) is 4.98 Å². The van der Waals surface area contributed by atoms with Gasteiger partial charge in [0.1, 0.15) is 0 Å². The lowest BCUT2D eigenvalue weighted by atomic mass is 10.1. The molecule has 2 aliphatic rings. The van der Waals surface area contributed by atoms with Crippen LogP contribution in [-0.4, -0.2) is 4.98 Å². The van der Waals surface area contributed by atoms with E-state index in [-0.39, 0.29) is 0 Å². The van der Waals surface area contributed by atoms with Gasteiger partial charge >= 0.3 is 0 Å². The minimum absolute atomic E-state index is 0.974. The van der Waals surface area contributed by atoms with Crippen molar-refractivity contribution in [3.8, 4) is 0 Å². The fourth-order valence-corrected chi connectivity index (χ4v) is 2.55. The molecule has 92 valence electrons. The van der Waals surface area contributed by atoms with Gasteiger partial charge in [-0.3, -0.25) is 0 Å². The minimum atomic E-state index is 0.974. The summed E-state index contributed by atoms with van der Waals surface area (Å²) in [4.78, 5) is 4.83. The molecule has 1 heterocycles. The van der Waals surface area contributed by atoms with E-state index in [4.69, 9.17) is 4.98 Å². The van der Waals surface area contributed by atoms with Crippen LogP contribution < -0.4 is 4.57 Å². The summed E-state index contributed by atoms with van der Waals surface area (Å²) >= 11 is 0. The van der Waals surface area contributed by atoms with Crippen molar-refractivity contribution in [2.75, 3.05) is 0 Å². The molecule has 0 saturated heterocycles. The molecule has 0 bridgehead atoms. The molecule has 0 saturated carbocycles. The molecule has 0 radical (unpaired) electrons. The molecule has 2 aliphatic carbocycles. The zero-order valence-electron chi connectivity index (χ0n) is 10.8. The Kier molecular flexibility index (Phi) is 3.04. The van der Waals surface area contributed by atoms with Crippen LogP contribution in [0.3, 0.4) is 0 Å². The van der Waals surface area contributed by atoms with Crippen molar-refractivity contribution < 1.29 is 4.57 Å². The predicted molar refractivity (Wildman–Crippen MR) is 72.1 cm³/mol. The summed E-state index contributed by atoms with van der Waals surface area (Å²) in [5, 5.41) is 0. The van der Waals surface area contributed by atoms with Crippen molar-refractivity contribution in [2.24, 2.45) is 0 Å². The first kappa shape index (κ1) is 11.3. The molecule has 0 amide bonds. The third kappa shape index (κ3) is 1.89. The number of allylic oxidation sites excluding steroid dienone is 5. The Hall–Kier alpha value is -1.79. The van der Waals surface area contributed by atoms with Gasteiger partial charge in [-0.2, -0.15) is 4.98 Å². The van der Waals surface area contributed by atoms with E-state index >= 15 is 0 Å². The lowest BCUT2D eigenvalue weighted by Gasteiger charge is -2.13. The second-order valence-electron chi connectivity index (χ2n) is 4.80. The van der Waals surface area contributed by atoms with E-state index in [9.17, 15) is 0 Å². The van der Waals surface area contributed by atoms with Crippen LogP contribution in [0.1, 0.15) is 37.0 Å². The molecule has 0 aliphatic heterocycles. The quantitative estimate of drug-likeness (QED) is 0.341. The van der Waals surface area contributed by atoms with Gasteiger partial charge in [0.15, 0.2) is 5.82 Å². The van der Waals surface area contributed by atoms with Crippen LogP contribution in [0, 0.1) is 0 Å². The monoisotopic (exact) mass is 238 g/mol. The zero-order chi connectivity index (χ0) is 12.4. The molecule has 2 heteroatoms. The number of fused-ring (bicyclic) bond motifs is 1. The van der Waals surface area contributed by atoms with Gasteiger partial charge in [0.25, 0.3) is 0 Å². The first-order valence-corrected chi connectivity index (χ1v) is 6.77. The van der Waals surface area contributed by atoms with Gasteiger partial charge < -0.3 is 4.57 Å². The Morgan fingerprint density at radius 1 is 1.44 bits per heavy atom. The highest BCUT2D eigenvalue weighted by Crippen LogP contribution is 2.19. The smallest absolute Gasteiger partial charge is 0.189 e. The molecule has 3 rings (SSSR count). The molecule has 1 aromatic rings. The molecule has 0 atom stereocenters. The van der Waals surface area contributed by atoms with Crippen LogP contribution in [-0.2, 0) is 19.4 Å². The van der Waals surface area contributed by atoms with Gasteiger partial charge in [-0.15, -0.1) is 5.73 Å². The van der Waals surface area contributed by atoms with Crippen molar-refractivity contribution in [1.29, 1.82) is 0 Å². The molecular weight excluding hydrogens is 220 g/mol. The maximum Gasteiger partial charge on any atom is 0.189 e. The molecule has 18 heavy (non-hydrogen) atoms. The summed E-state index contributed by atoms with van der Waals surface area (Å²) < 4.78 is 2.40. The van der Waals surface area contributed by atoms with Crippen LogP contribution >= 0.6 is 0 Å². The lowest BCUT2D eigenvalue weighted by molar-refractivity contribution is -0.704. The average Bonchev–Trinajstić information content (AvgIpc) is 3.03. The summed E-state index contributed by atoms with van der Waals surface area (Å²) in [6.45, 7) is 3.30. The minimum Gasteiger partial charge on any atom is -0.381 e. The molecule has 0 fully saturated rings. The molecule has 2 nitrogen and oxygen atoms in total. The van der Waals surface area contributed by atoms with Gasteiger partial charge in [-0.25, -0.2) is 0 Å². The molecular formula is C16H18N2. The highest BCUT2D eigenvalue weighted by Gasteiger charge is 2.19.